The molecule has 1 aromatic carbocycles. The Hall–Kier alpha value is -1.79. The molecule has 1 aliphatic carbocycles. The fourth-order valence-electron chi connectivity index (χ4n) is 2.06. The zero-order valence-corrected chi connectivity index (χ0v) is 13.0. The summed E-state index contributed by atoms with van der Waals surface area (Å²) in [4.78, 5) is 23.4. The van der Waals surface area contributed by atoms with Gasteiger partial charge in [0.2, 0.25) is 0 Å². The summed E-state index contributed by atoms with van der Waals surface area (Å²) in [6.45, 7) is 0.271. The van der Waals surface area contributed by atoms with E-state index in [2.05, 4.69) is 10.6 Å². The van der Waals surface area contributed by atoms with Crippen molar-refractivity contribution in [1.82, 2.24) is 5.32 Å². The summed E-state index contributed by atoms with van der Waals surface area (Å²) < 4.78 is 5.00. The van der Waals surface area contributed by atoms with Crippen LogP contribution in [-0.2, 0) is 9.59 Å². The molecule has 0 aromatic heterocycles. The Bertz CT molecular complexity index is 560. The maximum absolute atomic E-state index is 11.7. The Morgan fingerprint density at radius 1 is 1.41 bits per heavy atom. The summed E-state index contributed by atoms with van der Waals surface area (Å²) in [6.07, 6.45) is 2.13. The largest absolute Gasteiger partial charge is 0.495 e. The molecule has 0 spiro atoms. The number of aliphatic hydroxyl groups is 1. The van der Waals surface area contributed by atoms with E-state index in [1.165, 1.54) is 13.2 Å². The highest BCUT2D eigenvalue weighted by Gasteiger charge is 2.29. The number of carbonyl (C=O) groups excluding carboxylic acids is 2. The average molecular weight is 327 g/mol. The first-order valence-corrected chi connectivity index (χ1v) is 7.50. The van der Waals surface area contributed by atoms with Crippen molar-refractivity contribution >= 4 is 29.1 Å². The van der Waals surface area contributed by atoms with Crippen LogP contribution in [0.2, 0.25) is 5.02 Å². The molecule has 0 saturated heterocycles. The minimum Gasteiger partial charge on any atom is -0.495 e. The van der Waals surface area contributed by atoms with Crippen LogP contribution in [-0.4, -0.2) is 36.7 Å². The van der Waals surface area contributed by atoms with E-state index in [4.69, 9.17) is 16.3 Å². The minimum absolute atomic E-state index is 0.271. The van der Waals surface area contributed by atoms with Crippen LogP contribution in [0.3, 0.4) is 0 Å². The summed E-state index contributed by atoms with van der Waals surface area (Å²) in [6, 6.07) is 4.69. The lowest BCUT2D eigenvalue weighted by Crippen LogP contribution is -2.37. The van der Waals surface area contributed by atoms with Gasteiger partial charge in [0, 0.05) is 12.2 Å². The highest BCUT2D eigenvalue weighted by Crippen LogP contribution is 2.33. The zero-order valence-electron chi connectivity index (χ0n) is 12.3. The van der Waals surface area contributed by atoms with Crippen LogP contribution < -0.4 is 15.4 Å². The lowest BCUT2D eigenvalue weighted by atomic mass is 10.2. The van der Waals surface area contributed by atoms with Crippen molar-refractivity contribution in [2.45, 2.75) is 25.4 Å². The van der Waals surface area contributed by atoms with E-state index in [-0.39, 0.29) is 6.54 Å². The van der Waals surface area contributed by atoms with Gasteiger partial charge in [-0.05, 0) is 43.4 Å². The number of amides is 2. The number of carbonyl (C=O) groups is 2. The van der Waals surface area contributed by atoms with Crippen molar-refractivity contribution in [3.63, 3.8) is 0 Å². The van der Waals surface area contributed by atoms with Gasteiger partial charge in [0.25, 0.3) is 0 Å². The third kappa shape index (κ3) is 4.61. The van der Waals surface area contributed by atoms with Crippen molar-refractivity contribution in [3.05, 3.63) is 23.2 Å². The van der Waals surface area contributed by atoms with Gasteiger partial charge in [0.15, 0.2) is 0 Å². The highest BCUT2D eigenvalue weighted by atomic mass is 35.5. The Kier molecular flexibility index (Phi) is 5.63. The molecule has 1 fully saturated rings. The third-order valence-corrected chi connectivity index (χ3v) is 3.80. The molecule has 6 nitrogen and oxygen atoms in total. The quantitative estimate of drug-likeness (QED) is 0.692. The van der Waals surface area contributed by atoms with E-state index < -0.39 is 17.9 Å². The summed E-state index contributed by atoms with van der Waals surface area (Å²) in [5, 5.41) is 15.0. The SMILES string of the molecule is COc1ccc(NC(=O)C(=O)NCCC(O)C2CC2)cc1Cl. The van der Waals surface area contributed by atoms with Crippen LogP contribution in [0.5, 0.6) is 5.75 Å². The number of methoxy groups -OCH3 is 1. The molecule has 0 aliphatic heterocycles. The second kappa shape index (κ2) is 7.47. The second-order valence-corrected chi connectivity index (χ2v) is 5.66. The van der Waals surface area contributed by atoms with E-state index in [9.17, 15) is 14.7 Å². The van der Waals surface area contributed by atoms with Crippen LogP contribution in [0.25, 0.3) is 0 Å². The highest BCUT2D eigenvalue weighted by molar-refractivity contribution is 6.40. The summed E-state index contributed by atoms with van der Waals surface area (Å²) in [5.41, 5.74) is 0.406. The number of benzene rings is 1. The van der Waals surface area contributed by atoms with E-state index in [1.54, 1.807) is 12.1 Å². The Morgan fingerprint density at radius 2 is 2.14 bits per heavy atom. The first kappa shape index (κ1) is 16.6. The predicted molar refractivity (Wildman–Crippen MR) is 83.0 cm³/mol. The molecule has 2 amide bonds. The average Bonchev–Trinajstić information content (AvgIpc) is 3.31. The Balaban J connectivity index is 1.77. The summed E-state index contributed by atoms with van der Waals surface area (Å²) in [7, 11) is 1.49. The van der Waals surface area contributed by atoms with Crippen LogP contribution in [0.4, 0.5) is 5.69 Å². The number of ether oxygens (including phenoxy) is 1. The molecule has 7 heteroatoms. The smallest absolute Gasteiger partial charge is 0.313 e. The van der Waals surface area contributed by atoms with Crippen LogP contribution in [0.1, 0.15) is 19.3 Å². The molecule has 1 aromatic rings. The van der Waals surface area contributed by atoms with Gasteiger partial charge in [-0.15, -0.1) is 0 Å². The molecule has 1 atom stereocenters. The Morgan fingerprint density at radius 3 is 2.73 bits per heavy atom. The van der Waals surface area contributed by atoms with Gasteiger partial charge in [-0.3, -0.25) is 9.59 Å². The van der Waals surface area contributed by atoms with Crippen LogP contribution >= 0.6 is 11.6 Å². The number of anilines is 1. The minimum atomic E-state index is -0.776. The molecule has 120 valence electrons. The second-order valence-electron chi connectivity index (χ2n) is 5.25. The summed E-state index contributed by atoms with van der Waals surface area (Å²) >= 11 is 5.94. The molecule has 1 saturated carbocycles. The molecular formula is C15H19ClN2O4. The monoisotopic (exact) mass is 326 g/mol. The number of nitrogens with one attached hydrogen (secondary N) is 2. The first-order chi connectivity index (χ1) is 10.5. The van der Waals surface area contributed by atoms with Gasteiger partial charge in [-0.25, -0.2) is 0 Å². The molecule has 3 N–H and O–H groups in total. The number of halogens is 1. The van der Waals surface area contributed by atoms with Crippen LogP contribution in [0, 0.1) is 5.92 Å². The van der Waals surface area contributed by atoms with Gasteiger partial charge >= 0.3 is 11.8 Å². The van der Waals surface area contributed by atoms with Crippen molar-refractivity contribution in [2.75, 3.05) is 19.0 Å². The lowest BCUT2D eigenvalue weighted by molar-refractivity contribution is -0.136. The third-order valence-electron chi connectivity index (χ3n) is 3.51. The maximum atomic E-state index is 11.7. The summed E-state index contributed by atoms with van der Waals surface area (Å²) in [5.74, 6) is -0.678. The first-order valence-electron chi connectivity index (χ1n) is 7.12. The fourth-order valence-corrected chi connectivity index (χ4v) is 2.32. The van der Waals surface area contributed by atoms with Crippen molar-refractivity contribution in [1.29, 1.82) is 0 Å². The molecule has 2 rings (SSSR count). The van der Waals surface area contributed by atoms with E-state index in [0.29, 0.717) is 28.8 Å². The molecule has 22 heavy (non-hydrogen) atoms. The molecule has 0 radical (unpaired) electrons. The molecule has 0 heterocycles. The molecular weight excluding hydrogens is 308 g/mol. The number of rotatable bonds is 6. The predicted octanol–water partition coefficient (Wildman–Crippen LogP) is 1.56. The number of aliphatic hydroxyl groups excluding tert-OH is 1. The molecule has 1 unspecified atom stereocenters. The van der Waals surface area contributed by atoms with Gasteiger partial charge in [-0.1, -0.05) is 11.6 Å². The molecule has 1 aliphatic rings. The standard InChI is InChI=1S/C15H19ClN2O4/c1-22-13-5-4-10(8-11(13)16)18-15(21)14(20)17-7-6-12(19)9-2-3-9/h4-5,8-9,12,19H,2-3,6-7H2,1H3,(H,17,20)(H,18,21). The fraction of sp³-hybridized carbons (Fsp3) is 0.467. The Labute approximate surface area is 133 Å². The topological polar surface area (TPSA) is 87.7 Å². The van der Waals surface area contributed by atoms with Gasteiger partial charge in [0.05, 0.1) is 18.2 Å². The van der Waals surface area contributed by atoms with Gasteiger partial charge in [-0.2, -0.15) is 0 Å². The lowest BCUT2D eigenvalue weighted by Gasteiger charge is -2.10. The number of hydrogen-bond acceptors (Lipinski definition) is 4. The van der Waals surface area contributed by atoms with Crippen LogP contribution in [0.15, 0.2) is 18.2 Å². The molecule has 0 bridgehead atoms. The zero-order chi connectivity index (χ0) is 16.1. The van der Waals surface area contributed by atoms with Gasteiger partial charge in [0.1, 0.15) is 5.75 Å². The van der Waals surface area contributed by atoms with Crippen molar-refractivity contribution in [3.8, 4) is 5.75 Å². The van der Waals surface area contributed by atoms with Crippen molar-refractivity contribution in [2.24, 2.45) is 5.92 Å². The van der Waals surface area contributed by atoms with E-state index >= 15 is 0 Å². The number of hydrogen-bond donors (Lipinski definition) is 3. The van der Waals surface area contributed by atoms with E-state index in [0.717, 1.165) is 12.8 Å². The van der Waals surface area contributed by atoms with E-state index in [1.807, 2.05) is 0 Å². The van der Waals surface area contributed by atoms with Crippen molar-refractivity contribution < 1.29 is 19.4 Å². The van der Waals surface area contributed by atoms with Gasteiger partial charge < -0.3 is 20.5 Å². The maximum Gasteiger partial charge on any atom is 0.313 e. The normalized spacial score (nSPS) is 15.0.